The lowest BCUT2D eigenvalue weighted by Crippen LogP contribution is -2.28. The highest BCUT2D eigenvalue weighted by Gasteiger charge is 2.08. The van der Waals surface area contributed by atoms with Crippen molar-refractivity contribution in [3.05, 3.63) is 42.6 Å². The van der Waals surface area contributed by atoms with E-state index in [4.69, 9.17) is 4.74 Å². The Morgan fingerprint density at radius 2 is 2.04 bits per heavy atom. The third-order valence-electron chi connectivity index (χ3n) is 3.49. The number of nitrogens with one attached hydrogen (secondary N) is 2. The van der Waals surface area contributed by atoms with Gasteiger partial charge in [0.25, 0.3) is 0 Å². The van der Waals surface area contributed by atoms with Crippen LogP contribution in [0.3, 0.4) is 0 Å². The van der Waals surface area contributed by atoms with E-state index in [1.165, 1.54) is 6.20 Å². The number of urea groups is 1. The van der Waals surface area contributed by atoms with Gasteiger partial charge in [0.05, 0.1) is 18.0 Å². The first-order valence-electron chi connectivity index (χ1n) is 8.51. The van der Waals surface area contributed by atoms with Crippen LogP contribution in [0.15, 0.2) is 42.6 Å². The van der Waals surface area contributed by atoms with E-state index in [1.807, 2.05) is 57.2 Å². The van der Waals surface area contributed by atoms with Crippen LogP contribution < -0.4 is 15.4 Å². The topological polar surface area (TPSA) is 89.0 Å². The first-order valence-corrected chi connectivity index (χ1v) is 8.51. The number of hydrogen-bond donors (Lipinski definition) is 2. The highest BCUT2D eigenvalue weighted by atomic mass is 16.5. The average Bonchev–Trinajstić information content (AvgIpc) is 2.61. The third-order valence-corrected chi connectivity index (χ3v) is 3.49. The van der Waals surface area contributed by atoms with E-state index < -0.39 is 0 Å². The Labute approximate surface area is 151 Å². The number of benzene rings is 1. The highest BCUT2D eigenvalue weighted by Crippen LogP contribution is 2.24. The van der Waals surface area contributed by atoms with Gasteiger partial charge < -0.3 is 10.1 Å². The molecule has 0 saturated carbocycles. The van der Waals surface area contributed by atoms with Crippen molar-refractivity contribution in [1.29, 1.82) is 0 Å². The smallest absolute Gasteiger partial charge is 0.320 e. The van der Waals surface area contributed by atoms with Gasteiger partial charge in [-0.1, -0.05) is 12.1 Å². The number of nitrogens with zero attached hydrogens (tertiary/aromatic N) is 3. The lowest BCUT2D eigenvalue weighted by molar-refractivity contribution is 0.242. The third kappa shape index (κ3) is 4.24. The molecule has 7 nitrogen and oxygen atoms in total. The summed E-state index contributed by atoms with van der Waals surface area (Å²) in [6, 6.07) is 11.2. The lowest BCUT2D eigenvalue weighted by Gasteiger charge is -2.11. The molecular formula is C19H21N5O2. The van der Waals surface area contributed by atoms with Crippen molar-refractivity contribution in [2.24, 2.45) is 0 Å². The Hall–Kier alpha value is -3.22. The van der Waals surface area contributed by atoms with Crippen LogP contribution in [0.5, 0.6) is 5.75 Å². The van der Waals surface area contributed by atoms with Gasteiger partial charge in [-0.05, 0) is 45.0 Å². The second-order valence-electron chi connectivity index (χ2n) is 5.97. The van der Waals surface area contributed by atoms with E-state index in [0.29, 0.717) is 23.5 Å². The van der Waals surface area contributed by atoms with Crippen LogP contribution in [0, 0.1) is 0 Å². The van der Waals surface area contributed by atoms with Crippen LogP contribution in [0.2, 0.25) is 0 Å². The summed E-state index contributed by atoms with van der Waals surface area (Å²) in [6.07, 6.45) is 1.61. The molecule has 0 bridgehead atoms. The van der Waals surface area contributed by atoms with Crippen LogP contribution in [0.4, 0.5) is 10.6 Å². The van der Waals surface area contributed by atoms with Crippen LogP contribution in [-0.2, 0) is 0 Å². The van der Waals surface area contributed by atoms with Gasteiger partial charge in [-0.15, -0.1) is 0 Å². The van der Waals surface area contributed by atoms with Crippen molar-refractivity contribution >= 4 is 23.0 Å². The Kier molecular flexibility index (Phi) is 5.26. The molecule has 26 heavy (non-hydrogen) atoms. The molecule has 3 rings (SSSR count). The molecule has 7 heteroatoms. The van der Waals surface area contributed by atoms with Gasteiger partial charge in [0.15, 0.2) is 11.5 Å². The molecule has 0 fully saturated rings. The Balaban J connectivity index is 1.91. The SMILES string of the molecule is CCNC(=O)Nc1cnc2ccc(-c3cccc(OC(C)C)c3)nc2n1. The second kappa shape index (κ2) is 7.77. The zero-order chi connectivity index (χ0) is 18.5. The molecule has 0 atom stereocenters. The molecular weight excluding hydrogens is 330 g/mol. The first-order chi connectivity index (χ1) is 12.5. The number of carbonyl (C=O) groups is 1. The van der Waals surface area contributed by atoms with Crippen molar-refractivity contribution in [3.8, 4) is 17.0 Å². The summed E-state index contributed by atoms with van der Waals surface area (Å²) < 4.78 is 5.74. The zero-order valence-electron chi connectivity index (χ0n) is 15.0. The van der Waals surface area contributed by atoms with Crippen molar-refractivity contribution in [2.75, 3.05) is 11.9 Å². The van der Waals surface area contributed by atoms with Gasteiger partial charge in [-0.25, -0.2) is 19.7 Å². The molecule has 0 unspecified atom stereocenters. The summed E-state index contributed by atoms with van der Waals surface area (Å²) in [6.45, 7) is 6.35. The highest BCUT2D eigenvalue weighted by molar-refractivity contribution is 5.89. The molecule has 0 aliphatic heterocycles. The maximum Gasteiger partial charge on any atom is 0.320 e. The van der Waals surface area contributed by atoms with Gasteiger partial charge >= 0.3 is 6.03 Å². The average molecular weight is 351 g/mol. The molecule has 2 aromatic heterocycles. The molecule has 3 aromatic rings. The van der Waals surface area contributed by atoms with Gasteiger partial charge in [0.2, 0.25) is 0 Å². The number of fused-ring (bicyclic) bond motifs is 1. The number of rotatable bonds is 5. The summed E-state index contributed by atoms with van der Waals surface area (Å²) in [4.78, 5) is 24.9. The number of carbonyl (C=O) groups excluding carboxylic acids is 1. The number of hydrogen-bond acceptors (Lipinski definition) is 5. The van der Waals surface area contributed by atoms with Gasteiger partial charge in [0, 0.05) is 12.1 Å². The summed E-state index contributed by atoms with van der Waals surface area (Å²) in [5.41, 5.74) is 2.81. The molecule has 1 aromatic carbocycles. The molecule has 0 saturated heterocycles. The lowest BCUT2D eigenvalue weighted by atomic mass is 10.1. The van der Waals surface area contributed by atoms with Gasteiger partial charge in [-0.3, -0.25) is 5.32 Å². The second-order valence-corrected chi connectivity index (χ2v) is 5.97. The van der Waals surface area contributed by atoms with Crippen LogP contribution in [0.1, 0.15) is 20.8 Å². The van der Waals surface area contributed by atoms with Crippen molar-refractivity contribution in [1.82, 2.24) is 20.3 Å². The molecule has 0 spiro atoms. The number of aromatic nitrogens is 3. The standard InChI is InChI=1S/C19H21N5O2/c1-4-20-19(25)24-17-11-21-16-9-8-15(22-18(16)23-17)13-6-5-7-14(10-13)26-12(2)3/h5-12H,4H2,1-3H3,(H2,20,22,23,24,25). The van der Waals surface area contributed by atoms with E-state index >= 15 is 0 Å². The number of amides is 2. The molecule has 2 N–H and O–H groups in total. The van der Waals surface area contributed by atoms with E-state index in [-0.39, 0.29) is 12.1 Å². The maximum absolute atomic E-state index is 11.6. The van der Waals surface area contributed by atoms with Crippen molar-refractivity contribution in [2.45, 2.75) is 26.9 Å². The molecule has 0 radical (unpaired) electrons. The Morgan fingerprint density at radius 1 is 1.19 bits per heavy atom. The maximum atomic E-state index is 11.6. The minimum absolute atomic E-state index is 0.101. The summed E-state index contributed by atoms with van der Waals surface area (Å²) >= 11 is 0. The van der Waals surface area contributed by atoms with E-state index in [0.717, 1.165) is 17.0 Å². The van der Waals surface area contributed by atoms with Crippen LogP contribution in [-0.4, -0.2) is 33.6 Å². The molecule has 2 heterocycles. The molecule has 0 aliphatic carbocycles. The monoisotopic (exact) mass is 351 g/mol. The van der Waals surface area contributed by atoms with Crippen molar-refractivity contribution < 1.29 is 9.53 Å². The van der Waals surface area contributed by atoms with Gasteiger partial charge in [0.1, 0.15) is 11.3 Å². The van der Waals surface area contributed by atoms with E-state index in [9.17, 15) is 4.79 Å². The fourth-order valence-electron chi connectivity index (χ4n) is 2.44. The first kappa shape index (κ1) is 17.6. The predicted molar refractivity (Wildman–Crippen MR) is 101 cm³/mol. The Bertz CT molecular complexity index is 927. The summed E-state index contributed by atoms with van der Waals surface area (Å²) in [5.74, 6) is 1.14. The molecule has 2 amide bonds. The Morgan fingerprint density at radius 3 is 2.81 bits per heavy atom. The number of ether oxygens (including phenoxy) is 1. The largest absolute Gasteiger partial charge is 0.491 e. The van der Waals surface area contributed by atoms with E-state index in [2.05, 4.69) is 25.6 Å². The summed E-state index contributed by atoms with van der Waals surface area (Å²) in [7, 11) is 0. The zero-order valence-corrected chi connectivity index (χ0v) is 15.0. The van der Waals surface area contributed by atoms with Gasteiger partial charge in [-0.2, -0.15) is 0 Å². The summed E-state index contributed by atoms with van der Waals surface area (Å²) in [5, 5.41) is 5.29. The molecule has 134 valence electrons. The fourth-order valence-corrected chi connectivity index (χ4v) is 2.44. The number of anilines is 1. The quantitative estimate of drug-likeness (QED) is 0.733. The fraction of sp³-hybridized carbons (Fsp3) is 0.263. The normalized spacial score (nSPS) is 10.8. The number of pyridine rings is 1. The minimum Gasteiger partial charge on any atom is -0.491 e. The van der Waals surface area contributed by atoms with E-state index in [1.54, 1.807) is 0 Å². The van der Waals surface area contributed by atoms with Crippen molar-refractivity contribution in [3.63, 3.8) is 0 Å². The van der Waals surface area contributed by atoms with Crippen LogP contribution in [0.25, 0.3) is 22.4 Å². The minimum atomic E-state index is -0.323. The molecule has 0 aliphatic rings. The van der Waals surface area contributed by atoms with Crippen LogP contribution >= 0.6 is 0 Å². The predicted octanol–water partition coefficient (Wildman–Crippen LogP) is 3.62.